The van der Waals surface area contributed by atoms with Gasteiger partial charge in [0.1, 0.15) is 5.82 Å². The van der Waals surface area contributed by atoms with Crippen molar-refractivity contribution in [3.8, 4) is 0 Å². The van der Waals surface area contributed by atoms with Gasteiger partial charge in [-0.3, -0.25) is 0 Å². The zero-order valence-corrected chi connectivity index (χ0v) is 9.87. The minimum atomic E-state index is -0.264. The molecule has 0 fully saturated rings. The van der Waals surface area contributed by atoms with Gasteiger partial charge in [-0.1, -0.05) is 19.4 Å². The van der Waals surface area contributed by atoms with Crippen molar-refractivity contribution in [2.24, 2.45) is 0 Å². The van der Waals surface area contributed by atoms with Crippen molar-refractivity contribution < 1.29 is 5.11 Å². The summed E-state index contributed by atoms with van der Waals surface area (Å²) in [6, 6.07) is 4.17. The quantitative estimate of drug-likeness (QED) is 0.799. The smallest absolute Gasteiger partial charge is 0.126 e. The lowest BCUT2D eigenvalue weighted by atomic mass is 10.2. The third-order valence-corrected chi connectivity index (χ3v) is 3.07. The minimum absolute atomic E-state index is 0.264. The molecule has 0 saturated heterocycles. The fourth-order valence-corrected chi connectivity index (χ4v) is 2.18. The zero-order chi connectivity index (χ0) is 11.4. The van der Waals surface area contributed by atoms with Crippen molar-refractivity contribution in [3.05, 3.63) is 23.4 Å². The second-order valence-electron chi connectivity index (χ2n) is 4.48. The van der Waals surface area contributed by atoms with E-state index in [1.807, 2.05) is 6.07 Å². The van der Waals surface area contributed by atoms with Gasteiger partial charge in [0.15, 0.2) is 0 Å². The number of nitrogens with zero attached hydrogens (tertiary/aromatic N) is 1. The summed E-state index contributed by atoms with van der Waals surface area (Å²) in [4.78, 5) is 4.56. The maximum atomic E-state index is 9.61. The summed E-state index contributed by atoms with van der Waals surface area (Å²) in [5, 5.41) is 12.8. The van der Waals surface area contributed by atoms with Gasteiger partial charge in [-0.2, -0.15) is 0 Å². The molecule has 16 heavy (non-hydrogen) atoms. The molecule has 0 spiro atoms. The summed E-state index contributed by atoms with van der Waals surface area (Å²) in [6.45, 7) is 2.68. The lowest BCUT2D eigenvalue weighted by Crippen LogP contribution is -2.19. The van der Waals surface area contributed by atoms with Crippen LogP contribution in [0.4, 0.5) is 5.82 Å². The summed E-state index contributed by atoms with van der Waals surface area (Å²) >= 11 is 0. The number of aliphatic hydroxyl groups excluding tert-OH is 1. The second-order valence-corrected chi connectivity index (χ2v) is 4.48. The number of hydrogen-bond donors (Lipinski definition) is 2. The third-order valence-electron chi connectivity index (χ3n) is 3.07. The minimum Gasteiger partial charge on any atom is -0.391 e. The Kier molecular flexibility index (Phi) is 3.78. The Balaban J connectivity index is 1.90. The molecule has 0 radical (unpaired) electrons. The first-order valence-electron chi connectivity index (χ1n) is 6.20. The van der Waals surface area contributed by atoms with Gasteiger partial charge >= 0.3 is 0 Å². The highest BCUT2D eigenvalue weighted by atomic mass is 16.3. The van der Waals surface area contributed by atoms with E-state index in [0.717, 1.165) is 25.1 Å². The van der Waals surface area contributed by atoms with Gasteiger partial charge in [0.25, 0.3) is 0 Å². The first-order valence-corrected chi connectivity index (χ1v) is 6.20. The molecule has 1 heterocycles. The van der Waals surface area contributed by atoms with E-state index in [0.29, 0.717) is 6.54 Å². The molecule has 1 atom stereocenters. The molecule has 0 aliphatic heterocycles. The average Bonchev–Trinajstić information content (AvgIpc) is 2.74. The molecule has 2 N–H and O–H groups in total. The molecular formula is C13H20N2O. The van der Waals surface area contributed by atoms with Crippen LogP contribution in [0.2, 0.25) is 0 Å². The number of nitrogens with one attached hydrogen (secondary N) is 1. The summed E-state index contributed by atoms with van der Waals surface area (Å²) in [5.41, 5.74) is 2.62. The van der Waals surface area contributed by atoms with Crippen LogP contribution in [0, 0.1) is 0 Å². The Morgan fingerprint density at radius 3 is 3.12 bits per heavy atom. The molecule has 1 aliphatic carbocycles. The van der Waals surface area contributed by atoms with Crippen LogP contribution in [0.5, 0.6) is 0 Å². The summed E-state index contributed by atoms with van der Waals surface area (Å²) in [7, 11) is 0. The van der Waals surface area contributed by atoms with Gasteiger partial charge in [0, 0.05) is 12.2 Å². The van der Waals surface area contributed by atoms with Crippen molar-refractivity contribution >= 4 is 5.82 Å². The van der Waals surface area contributed by atoms with Crippen molar-refractivity contribution in [1.29, 1.82) is 0 Å². The van der Waals surface area contributed by atoms with Crippen molar-refractivity contribution in [2.45, 2.75) is 45.1 Å². The summed E-state index contributed by atoms with van der Waals surface area (Å²) < 4.78 is 0. The highest BCUT2D eigenvalue weighted by Crippen LogP contribution is 2.21. The molecule has 0 aromatic carbocycles. The molecule has 0 bridgehead atoms. The molecule has 3 heteroatoms. The molecule has 2 rings (SSSR count). The summed E-state index contributed by atoms with van der Waals surface area (Å²) in [6.07, 6.45) is 5.09. The molecule has 0 amide bonds. The normalized spacial score (nSPS) is 15.9. The molecule has 1 unspecified atom stereocenters. The van der Waals surface area contributed by atoms with E-state index in [-0.39, 0.29) is 6.10 Å². The zero-order valence-electron chi connectivity index (χ0n) is 9.87. The molecule has 88 valence electrons. The van der Waals surface area contributed by atoms with Crippen LogP contribution in [0.3, 0.4) is 0 Å². The van der Waals surface area contributed by atoms with E-state index in [1.54, 1.807) is 0 Å². The highest BCUT2D eigenvalue weighted by molar-refractivity contribution is 5.40. The molecular weight excluding hydrogens is 200 g/mol. The van der Waals surface area contributed by atoms with Gasteiger partial charge in [0.05, 0.1) is 6.10 Å². The Morgan fingerprint density at radius 2 is 2.31 bits per heavy atom. The van der Waals surface area contributed by atoms with Crippen LogP contribution >= 0.6 is 0 Å². The number of hydrogen-bond acceptors (Lipinski definition) is 3. The van der Waals surface area contributed by atoms with E-state index in [9.17, 15) is 5.11 Å². The van der Waals surface area contributed by atoms with Gasteiger partial charge in [-0.25, -0.2) is 4.98 Å². The number of aryl methyl sites for hydroxylation is 2. The lowest BCUT2D eigenvalue weighted by Gasteiger charge is -2.11. The monoisotopic (exact) mass is 220 g/mol. The lowest BCUT2D eigenvalue weighted by molar-refractivity contribution is 0.176. The third kappa shape index (κ3) is 2.73. The Hall–Kier alpha value is -1.09. The van der Waals surface area contributed by atoms with Crippen molar-refractivity contribution in [3.63, 3.8) is 0 Å². The number of pyridine rings is 1. The molecule has 1 aliphatic rings. The maximum Gasteiger partial charge on any atom is 0.126 e. The SMILES string of the molecule is CCCC(O)CNc1ccc2c(n1)CCC2. The molecule has 0 saturated carbocycles. The van der Waals surface area contributed by atoms with Crippen LogP contribution in [-0.2, 0) is 12.8 Å². The van der Waals surface area contributed by atoms with Gasteiger partial charge in [-0.15, -0.1) is 0 Å². The number of aromatic nitrogens is 1. The first kappa shape index (κ1) is 11.4. The molecule has 1 aromatic heterocycles. The molecule has 1 aromatic rings. The predicted molar refractivity (Wildman–Crippen MR) is 65.7 cm³/mol. The van der Waals surface area contributed by atoms with Crippen molar-refractivity contribution in [2.75, 3.05) is 11.9 Å². The Morgan fingerprint density at radius 1 is 1.44 bits per heavy atom. The van der Waals surface area contributed by atoms with E-state index in [2.05, 4.69) is 23.3 Å². The van der Waals surface area contributed by atoms with Crippen LogP contribution in [0.15, 0.2) is 12.1 Å². The number of aliphatic hydroxyl groups is 1. The number of rotatable bonds is 5. The topological polar surface area (TPSA) is 45.1 Å². The molecule has 3 nitrogen and oxygen atoms in total. The van der Waals surface area contributed by atoms with Crippen LogP contribution < -0.4 is 5.32 Å². The standard InChI is InChI=1S/C13H20N2O/c1-2-4-11(16)9-14-13-8-7-10-5-3-6-12(10)15-13/h7-8,11,16H,2-6,9H2,1H3,(H,14,15). The van der Waals surface area contributed by atoms with Crippen LogP contribution in [-0.4, -0.2) is 22.7 Å². The summed E-state index contributed by atoms with van der Waals surface area (Å²) in [5.74, 6) is 0.899. The van der Waals surface area contributed by atoms with Gasteiger partial charge < -0.3 is 10.4 Å². The fourth-order valence-electron chi connectivity index (χ4n) is 2.18. The van der Waals surface area contributed by atoms with E-state index in [4.69, 9.17) is 0 Å². The number of fused-ring (bicyclic) bond motifs is 1. The van der Waals surface area contributed by atoms with Crippen LogP contribution in [0.1, 0.15) is 37.4 Å². The first-order chi connectivity index (χ1) is 7.79. The van der Waals surface area contributed by atoms with E-state index >= 15 is 0 Å². The highest BCUT2D eigenvalue weighted by Gasteiger charge is 2.12. The van der Waals surface area contributed by atoms with Gasteiger partial charge in [-0.05, 0) is 37.3 Å². The van der Waals surface area contributed by atoms with E-state index < -0.39 is 0 Å². The van der Waals surface area contributed by atoms with Crippen molar-refractivity contribution in [1.82, 2.24) is 4.98 Å². The predicted octanol–water partition coefficient (Wildman–Crippen LogP) is 2.14. The fraction of sp³-hybridized carbons (Fsp3) is 0.615. The largest absolute Gasteiger partial charge is 0.391 e. The van der Waals surface area contributed by atoms with E-state index in [1.165, 1.54) is 24.1 Å². The second kappa shape index (κ2) is 5.30. The maximum absolute atomic E-state index is 9.61. The average molecular weight is 220 g/mol. The Bertz CT molecular complexity index is 352. The Labute approximate surface area is 96.9 Å². The van der Waals surface area contributed by atoms with Crippen LogP contribution in [0.25, 0.3) is 0 Å². The number of anilines is 1. The van der Waals surface area contributed by atoms with Gasteiger partial charge in [0.2, 0.25) is 0 Å².